The molecule has 0 spiro atoms. The number of rotatable bonds is 4. The molecule has 4 heteroatoms. The lowest BCUT2D eigenvalue weighted by atomic mass is 10.1. The number of hydrogen-bond acceptors (Lipinski definition) is 2. The number of nitrogens with zero attached hydrogens (tertiary/aromatic N) is 1. The molecule has 1 aromatic heterocycles. The summed E-state index contributed by atoms with van der Waals surface area (Å²) in [7, 11) is 0. The van der Waals surface area contributed by atoms with Crippen LogP contribution in [0.5, 0.6) is 0 Å². The summed E-state index contributed by atoms with van der Waals surface area (Å²) in [5.74, 6) is 0.644. The molecule has 2 nitrogen and oxygen atoms in total. The van der Waals surface area contributed by atoms with Crippen molar-refractivity contribution in [3.05, 3.63) is 21.9 Å². The highest BCUT2D eigenvalue weighted by Gasteiger charge is 2.03. The van der Waals surface area contributed by atoms with E-state index in [0.29, 0.717) is 11.1 Å². The molecule has 0 aliphatic carbocycles. The van der Waals surface area contributed by atoms with Crippen molar-refractivity contribution < 1.29 is 0 Å². The number of hydrogen-bond donors (Lipinski definition) is 1. The second-order valence-corrected chi connectivity index (χ2v) is 4.66. The molecule has 0 bridgehead atoms. The molecular weight excluding hydrogens is 263 g/mol. The van der Waals surface area contributed by atoms with E-state index in [1.807, 2.05) is 6.07 Å². The monoisotopic (exact) mass is 276 g/mol. The Kier molecular flexibility index (Phi) is 4.69. The second-order valence-electron chi connectivity index (χ2n) is 3.39. The van der Waals surface area contributed by atoms with Gasteiger partial charge in [-0.25, -0.2) is 4.98 Å². The van der Waals surface area contributed by atoms with E-state index in [0.717, 1.165) is 23.1 Å². The number of pyridine rings is 1. The number of aromatic nitrogens is 1. The van der Waals surface area contributed by atoms with Crippen LogP contribution in [0, 0.1) is 5.92 Å². The Balaban J connectivity index is 2.62. The summed E-state index contributed by atoms with van der Waals surface area (Å²) >= 11 is 9.29. The average Bonchev–Trinajstić information content (AvgIpc) is 2.19. The molecule has 0 aliphatic rings. The molecule has 0 aliphatic heterocycles. The molecule has 14 heavy (non-hydrogen) atoms. The van der Waals surface area contributed by atoms with E-state index in [4.69, 9.17) is 11.6 Å². The smallest absolute Gasteiger partial charge is 0.152 e. The highest BCUT2D eigenvalue weighted by molar-refractivity contribution is 9.10. The molecule has 0 aromatic carbocycles. The Hall–Kier alpha value is -0.280. The molecule has 78 valence electrons. The normalized spacial score (nSPS) is 12.6. The molecule has 1 atom stereocenters. The first-order valence-corrected chi connectivity index (χ1v) is 5.85. The van der Waals surface area contributed by atoms with Gasteiger partial charge in [0.25, 0.3) is 0 Å². The van der Waals surface area contributed by atoms with Crippen molar-refractivity contribution in [1.29, 1.82) is 0 Å². The summed E-state index contributed by atoms with van der Waals surface area (Å²) in [6.45, 7) is 5.30. The van der Waals surface area contributed by atoms with E-state index in [1.54, 1.807) is 6.20 Å². The van der Waals surface area contributed by atoms with E-state index in [2.05, 4.69) is 40.1 Å². The van der Waals surface area contributed by atoms with Gasteiger partial charge in [0.2, 0.25) is 0 Å². The zero-order valence-corrected chi connectivity index (χ0v) is 10.7. The van der Waals surface area contributed by atoms with E-state index in [-0.39, 0.29) is 0 Å². The highest BCUT2D eigenvalue weighted by Crippen LogP contribution is 2.23. The Bertz CT molecular complexity index is 304. The van der Waals surface area contributed by atoms with E-state index in [9.17, 15) is 0 Å². The first kappa shape index (κ1) is 11.8. The van der Waals surface area contributed by atoms with Gasteiger partial charge in [0.15, 0.2) is 5.15 Å². The molecule has 0 saturated heterocycles. The topological polar surface area (TPSA) is 24.9 Å². The van der Waals surface area contributed by atoms with Crippen LogP contribution in [0.3, 0.4) is 0 Å². The molecular formula is C10H14BrClN2. The summed E-state index contributed by atoms with van der Waals surface area (Å²) in [6.07, 6.45) is 2.85. The first-order valence-electron chi connectivity index (χ1n) is 4.68. The van der Waals surface area contributed by atoms with Crippen LogP contribution in [-0.2, 0) is 0 Å². The van der Waals surface area contributed by atoms with E-state index >= 15 is 0 Å². The molecule has 0 saturated carbocycles. The van der Waals surface area contributed by atoms with Crippen molar-refractivity contribution in [2.24, 2.45) is 5.92 Å². The van der Waals surface area contributed by atoms with E-state index < -0.39 is 0 Å². The van der Waals surface area contributed by atoms with Crippen molar-refractivity contribution >= 4 is 33.2 Å². The molecule has 0 amide bonds. The second kappa shape index (κ2) is 5.56. The number of anilines is 1. The summed E-state index contributed by atoms with van der Waals surface area (Å²) in [6, 6.07) is 1.94. The quantitative estimate of drug-likeness (QED) is 0.843. The minimum Gasteiger partial charge on any atom is -0.382 e. The Labute approximate surface area is 98.2 Å². The maximum atomic E-state index is 5.93. The van der Waals surface area contributed by atoms with Crippen LogP contribution in [0.25, 0.3) is 0 Å². The standard InChI is InChI=1S/C10H14BrClN2/c1-3-7(2)5-13-9-4-8(11)6-14-10(9)12/h4,6-7,13H,3,5H2,1-2H3. The molecule has 1 aromatic rings. The lowest BCUT2D eigenvalue weighted by molar-refractivity contribution is 0.593. The van der Waals surface area contributed by atoms with Gasteiger partial charge in [-0.3, -0.25) is 0 Å². The average molecular weight is 278 g/mol. The van der Waals surface area contributed by atoms with Gasteiger partial charge in [-0.15, -0.1) is 0 Å². The minimum absolute atomic E-state index is 0.525. The zero-order chi connectivity index (χ0) is 10.6. The molecule has 1 unspecified atom stereocenters. The molecule has 0 fully saturated rings. The third-order valence-corrected chi connectivity index (χ3v) is 2.88. The Morgan fingerprint density at radius 2 is 2.36 bits per heavy atom. The van der Waals surface area contributed by atoms with Gasteiger partial charge in [-0.1, -0.05) is 31.9 Å². The maximum absolute atomic E-state index is 5.93. The van der Waals surface area contributed by atoms with Gasteiger partial charge < -0.3 is 5.32 Å². The third-order valence-electron chi connectivity index (χ3n) is 2.14. The van der Waals surface area contributed by atoms with Crippen molar-refractivity contribution in [3.8, 4) is 0 Å². The zero-order valence-electron chi connectivity index (χ0n) is 8.35. The SMILES string of the molecule is CCC(C)CNc1cc(Br)cnc1Cl. The van der Waals surface area contributed by atoms with Crippen molar-refractivity contribution in [1.82, 2.24) is 4.98 Å². The number of nitrogens with one attached hydrogen (secondary N) is 1. The van der Waals surface area contributed by atoms with Crippen LogP contribution < -0.4 is 5.32 Å². The van der Waals surface area contributed by atoms with Crippen molar-refractivity contribution in [3.63, 3.8) is 0 Å². The van der Waals surface area contributed by atoms with Gasteiger partial charge in [0.1, 0.15) is 0 Å². The summed E-state index contributed by atoms with van der Waals surface area (Å²) in [5.41, 5.74) is 0.890. The van der Waals surface area contributed by atoms with Crippen molar-refractivity contribution in [2.45, 2.75) is 20.3 Å². The fourth-order valence-electron chi connectivity index (χ4n) is 0.975. The maximum Gasteiger partial charge on any atom is 0.152 e. The van der Waals surface area contributed by atoms with Gasteiger partial charge in [0, 0.05) is 17.2 Å². The van der Waals surface area contributed by atoms with Crippen LogP contribution >= 0.6 is 27.5 Å². The Morgan fingerprint density at radius 3 is 3.00 bits per heavy atom. The van der Waals surface area contributed by atoms with Crippen LogP contribution in [0.15, 0.2) is 16.7 Å². The number of halogens is 2. The Morgan fingerprint density at radius 1 is 1.64 bits per heavy atom. The largest absolute Gasteiger partial charge is 0.382 e. The molecule has 1 heterocycles. The summed E-state index contributed by atoms with van der Waals surface area (Å²) in [4.78, 5) is 4.04. The summed E-state index contributed by atoms with van der Waals surface area (Å²) < 4.78 is 0.938. The highest BCUT2D eigenvalue weighted by atomic mass is 79.9. The summed E-state index contributed by atoms with van der Waals surface area (Å²) in [5, 5.41) is 3.80. The third kappa shape index (κ3) is 3.46. The van der Waals surface area contributed by atoms with Crippen LogP contribution in [0.2, 0.25) is 5.15 Å². The van der Waals surface area contributed by atoms with Crippen LogP contribution in [0.1, 0.15) is 20.3 Å². The fraction of sp³-hybridized carbons (Fsp3) is 0.500. The van der Waals surface area contributed by atoms with Gasteiger partial charge >= 0.3 is 0 Å². The van der Waals surface area contributed by atoms with Crippen LogP contribution in [0.4, 0.5) is 5.69 Å². The molecule has 1 N–H and O–H groups in total. The van der Waals surface area contributed by atoms with E-state index in [1.165, 1.54) is 0 Å². The lowest BCUT2D eigenvalue weighted by Gasteiger charge is -2.12. The molecule has 0 radical (unpaired) electrons. The van der Waals surface area contributed by atoms with Gasteiger partial charge in [-0.05, 0) is 27.9 Å². The predicted molar refractivity (Wildman–Crippen MR) is 64.9 cm³/mol. The van der Waals surface area contributed by atoms with Crippen LogP contribution in [-0.4, -0.2) is 11.5 Å². The lowest BCUT2D eigenvalue weighted by Crippen LogP contribution is -2.10. The predicted octanol–water partition coefficient (Wildman–Crippen LogP) is 3.96. The van der Waals surface area contributed by atoms with Gasteiger partial charge in [-0.2, -0.15) is 0 Å². The fourth-order valence-corrected chi connectivity index (χ4v) is 1.48. The van der Waals surface area contributed by atoms with Gasteiger partial charge in [0.05, 0.1) is 5.69 Å². The minimum atomic E-state index is 0.525. The first-order chi connectivity index (χ1) is 6.63. The molecule has 1 rings (SSSR count). The van der Waals surface area contributed by atoms with Crippen molar-refractivity contribution in [2.75, 3.05) is 11.9 Å².